The second kappa shape index (κ2) is 19.1. The number of likely N-dealkylation sites (tertiary alicyclic amines) is 2. The zero-order chi connectivity index (χ0) is 44.3. The van der Waals surface area contributed by atoms with Crippen molar-refractivity contribution in [1.29, 1.82) is 0 Å². The van der Waals surface area contributed by atoms with Gasteiger partial charge in [0.05, 0.1) is 44.0 Å². The minimum atomic E-state index is -4.17. The van der Waals surface area contributed by atoms with Crippen molar-refractivity contribution < 1.29 is 49.1 Å². The predicted molar refractivity (Wildman–Crippen MR) is 228 cm³/mol. The number of sulfone groups is 2. The molecule has 1 unspecified atom stereocenters. The Morgan fingerprint density at radius 3 is 2.39 bits per heavy atom. The van der Waals surface area contributed by atoms with E-state index in [9.17, 15) is 26.4 Å². The van der Waals surface area contributed by atoms with E-state index in [1.807, 2.05) is 6.07 Å². The Morgan fingerprint density at radius 1 is 0.968 bits per heavy atom. The Balaban J connectivity index is 0.983. The van der Waals surface area contributed by atoms with E-state index in [2.05, 4.69) is 20.4 Å². The fourth-order valence-corrected chi connectivity index (χ4v) is 12.4. The number of amides is 3. The summed E-state index contributed by atoms with van der Waals surface area (Å²) < 4.78 is 108. The number of alkyl carbamates (subject to hydrolysis) is 1. The van der Waals surface area contributed by atoms with Gasteiger partial charge in [0.2, 0.25) is 0 Å². The summed E-state index contributed by atoms with van der Waals surface area (Å²) in [5.41, 5.74) is -1.04. The first kappa shape index (κ1) is 46.1. The lowest BCUT2D eigenvalue weighted by Gasteiger charge is -2.54. The van der Waals surface area contributed by atoms with Crippen LogP contribution in [0.15, 0.2) is 58.8 Å². The molecule has 0 bridgehead atoms. The van der Waals surface area contributed by atoms with Gasteiger partial charge in [0.1, 0.15) is 16.9 Å². The summed E-state index contributed by atoms with van der Waals surface area (Å²) in [6.07, 6.45) is 7.05. The van der Waals surface area contributed by atoms with Crippen LogP contribution in [-0.4, -0.2) is 159 Å². The second-order valence-electron chi connectivity index (χ2n) is 17.7. The number of halogens is 3. The number of nitrogens with one attached hydrogen (secondary N) is 2. The lowest BCUT2D eigenvalue weighted by atomic mass is 9.57. The number of rotatable bonds is 14. The summed E-state index contributed by atoms with van der Waals surface area (Å²) in [4.78, 5) is 32.4. The average molecular weight is 909 g/mol. The zero-order valence-corrected chi connectivity index (χ0v) is 37.1. The first-order chi connectivity index (χ1) is 29.5. The number of alkyl halides is 1. The number of carbonyl (C=O) groups is 2. The first-order valence-electron chi connectivity index (χ1n) is 21.5. The number of carbonyl (C=O) groups excluding carboxylic acids is 2. The molecule has 2 N–H and O–H groups in total. The van der Waals surface area contributed by atoms with Gasteiger partial charge >= 0.3 is 12.1 Å². The van der Waals surface area contributed by atoms with Crippen molar-refractivity contribution in [2.24, 2.45) is 11.8 Å². The monoisotopic (exact) mass is 908 g/mol. The molecule has 0 spiro atoms. The molecule has 5 fully saturated rings. The molecule has 7 rings (SSSR count). The third-order valence-corrected chi connectivity index (χ3v) is 16.3. The highest BCUT2D eigenvalue weighted by atomic mass is 32.2. The minimum Gasteiger partial charge on any atom is -0.453 e. The van der Waals surface area contributed by atoms with E-state index in [-0.39, 0.29) is 86.8 Å². The van der Waals surface area contributed by atoms with Crippen molar-refractivity contribution in [1.82, 2.24) is 25.3 Å². The fourth-order valence-electron chi connectivity index (χ4n) is 10.4. The molecule has 4 heterocycles. The molecule has 3 amide bonds. The molecule has 0 radical (unpaired) electrons. The van der Waals surface area contributed by atoms with Crippen LogP contribution in [0.5, 0.6) is 0 Å². The van der Waals surface area contributed by atoms with Gasteiger partial charge in [0.15, 0.2) is 25.3 Å². The smallest absolute Gasteiger partial charge is 0.407 e. The van der Waals surface area contributed by atoms with Crippen molar-refractivity contribution >= 4 is 37.5 Å². The molecular weight excluding hydrogens is 850 g/mol. The van der Waals surface area contributed by atoms with E-state index in [1.54, 1.807) is 17.0 Å². The molecule has 4 saturated heterocycles. The summed E-state index contributed by atoms with van der Waals surface area (Å²) >= 11 is 0. The molecule has 5 aliphatic rings. The van der Waals surface area contributed by atoms with Crippen molar-refractivity contribution in [3.63, 3.8) is 0 Å². The summed E-state index contributed by atoms with van der Waals surface area (Å²) in [5.74, 6) is -0.910. The molecule has 2 aromatic carbocycles. The molecule has 62 heavy (non-hydrogen) atoms. The third kappa shape index (κ3) is 10.4. The maximum Gasteiger partial charge on any atom is 0.407 e. The van der Waals surface area contributed by atoms with Gasteiger partial charge in [-0.15, -0.1) is 0 Å². The van der Waals surface area contributed by atoms with E-state index in [1.165, 1.54) is 36.3 Å². The number of hydrogen-bond donors (Lipinski definition) is 2. The number of anilines is 1. The molecule has 342 valence electrons. The van der Waals surface area contributed by atoms with Crippen LogP contribution in [0.3, 0.4) is 0 Å². The van der Waals surface area contributed by atoms with Crippen LogP contribution in [0.4, 0.5) is 28.4 Å². The lowest BCUT2D eigenvalue weighted by molar-refractivity contribution is 0.00575. The topological polar surface area (TPSA) is 158 Å². The van der Waals surface area contributed by atoms with E-state index < -0.39 is 53.9 Å². The molecule has 4 atom stereocenters. The SMILES string of the molecule is COC(=O)N[C@H]1CCC[C@@H]1C(CN1CCC1)(c1cccc(F)c1)C1CCN(CC2(F)CN(c3ccc(S(=O)(=O)[C@H]4COCCN(C(=O)NC/C=C/S(C)(=O)=O)C4)cc3F)C2)CC1. The van der Waals surface area contributed by atoms with Crippen molar-refractivity contribution in [3.8, 4) is 0 Å². The van der Waals surface area contributed by atoms with Gasteiger partial charge in [-0.05, 0) is 106 Å². The van der Waals surface area contributed by atoms with E-state index in [0.29, 0.717) is 13.1 Å². The Labute approximate surface area is 363 Å². The molecule has 0 aromatic heterocycles. The largest absolute Gasteiger partial charge is 0.453 e. The normalized spacial score (nSPS) is 25.1. The van der Waals surface area contributed by atoms with Gasteiger partial charge < -0.3 is 34.8 Å². The van der Waals surface area contributed by atoms with Gasteiger partial charge in [0, 0.05) is 55.8 Å². The minimum absolute atomic E-state index is 0.0516. The van der Waals surface area contributed by atoms with Gasteiger partial charge in [0.25, 0.3) is 0 Å². The van der Waals surface area contributed by atoms with Crippen LogP contribution in [0.2, 0.25) is 0 Å². The number of urea groups is 1. The van der Waals surface area contributed by atoms with Crippen LogP contribution in [0, 0.1) is 23.5 Å². The Hall–Kier alpha value is -3.91. The molecule has 1 aliphatic carbocycles. The van der Waals surface area contributed by atoms with Crippen molar-refractivity contribution in [2.75, 3.05) is 103 Å². The van der Waals surface area contributed by atoms with Gasteiger partial charge in [-0.1, -0.05) is 24.6 Å². The predicted octanol–water partition coefficient (Wildman–Crippen LogP) is 4.12. The maximum absolute atomic E-state index is 16.4. The van der Waals surface area contributed by atoms with Crippen LogP contribution < -0.4 is 15.5 Å². The molecular formula is C43H59F3N6O8S2. The Morgan fingerprint density at radius 2 is 1.73 bits per heavy atom. The highest BCUT2D eigenvalue weighted by Crippen LogP contribution is 2.52. The molecule has 19 heteroatoms. The highest BCUT2D eigenvalue weighted by Gasteiger charge is 2.54. The van der Waals surface area contributed by atoms with Crippen molar-refractivity contribution in [2.45, 2.75) is 65.8 Å². The van der Waals surface area contributed by atoms with E-state index in [0.717, 1.165) is 81.5 Å². The van der Waals surface area contributed by atoms with Crippen LogP contribution in [0.1, 0.15) is 44.1 Å². The van der Waals surface area contributed by atoms with Crippen LogP contribution in [0.25, 0.3) is 0 Å². The molecule has 2 aromatic rings. The summed E-state index contributed by atoms with van der Waals surface area (Å²) in [6.45, 7) is 3.60. The molecule has 4 aliphatic heterocycles. The average Bonchev–Trinajstić information content (AvgIpc) is 3.51. The lowest BCUT2D eigenvalue weighted by Crippen LogP contribution is -2.65. The zero-order valence-electron chi connectivity index (χ0n) is 35.4. The van der Waals surface area contributed by atoms with Crippen LogP contribution in [-0.2, 0) is 34.6 Å². The van der Waals surface area contributed by atoms with Gasteiger partial charge in [-0.3, -0.25) is 4.90 Å². The number of hydrogen-bond acceptors (Lipinski definition) is 11. The summed E-state index contributed by atoms with van der Waals surface area (Å²) in [7, 11) is -6.19. The Bertz CT molecular complexity index is 2180. The van der Waals surface area contributed by atoms with Gasteiger partial charge in [-0.2, -0.15) is 0 Å². The third-order valence-electron chi connectivity index (χ3n) is 13.5. The maximum atomic E-state index is 16.4. The molecule has 1 saturated carbocycles. The number of methoxy groups -OCH3 is 1. The van der Waals surface area contributed by atoms with Crippen LogP contribution >= 0.6 is 0 Å². The van der Waals surface area contributed by atoms with E-state index >= 15 is 13.2 Å². The number of nitrogens with zero attached hydrogens (tertiary/aromatic N) is 4. The first-order valence-corrected chi connectivity index (χ1v) is 25.0. The van der Waals surface area contributed by atoms with Crippen molar-refractivity contribution in [3.05, 3.63) is 71.1 Å². The summed E-state index contributed by atoms with van der Waals surface area (Å²) in [6, 6.07) is 9.76. The number of piperidine rings is 1. The highest BCUT2D eigenvalue weighted by molar-refractivity contribution is 7.93. The fraction of sp³-hybridized carbons (Fsp3) is 0.628. The van der Waals surface area contributed by atoms with E-state index in [4.69, 9.17) is 9.47 Å². The molecule has 14 nitrogen and oxygen atoms in total. The number of ether oxygens (including phenoxy) is 2. The Kier molecular flexibility index (Phi) is 14.2. The van der Waals surface area contributed by atoms with Gasteiger partial charge in [-0.25, -0.2) is 39.6 Å². The number of benzene rings is 2. The summed E-state index contributed by atoms with van der Waals surface area (Å²) in [5, 5.41) is 5.42. The standard InChI is InChI=1S/C43H59F3N6O8S2/c1-59-41(54)48-38-10-4-9-36(38)43(30-49-16-6-17-49,32-7-3-8-33(44)23-32)31-13-18-50(19-14-31)27-42(46)28-52(29-42)39-12-11-34(24-37(39)45)62(57,58)35-25-51(20-21-60-26-35)40(53)47-15-5-22-61(2,55)56/h3,5,7-8,11-12,22-24,31,35-36,38H,4,6,9-10,13-21,25-30H2,1-2H3,(H,47,53)(H,48,54)/b22-5+/t35-,36+,38+,43?/m1/s1. The second-order valence-corrected chi connectivity index (χ2v) is 21.9. The quantitative estimate of drug-likeness (QED) is 0.281.